The van der Waals surface area contributed by atoms with E-state index in [0.29, 0.717) is 28.5 Å². The lowest BCUT2D eigenvalue weighted by Crippen LogP contribution is -2.35. The van der Waals surface area contributed by atoms with Gasteiger partial charge in [0, 0.05) is 35.3 Å². The Morgan fingerprint density at radius 1 is 0.974 bits per heavy atom. The number of methoxy groups -OCH3 is 1. The molecule has 0 saturated carbocycles. The summed E-state index contributed by atoms with van der Waals surface area (Å²) in [7, 11) is 1.63. The molecule has 0 radical (unpaired) electrons. The molecule has 0 fully saturated rings. The Morgan fingerprint density at radius 2 is 1.71 bits per heavy atom. The first-order valence-corrected chi connectivity index (χ1v) is 12.6. The molecule has 0 atom stereocenters. The van der Waals surface area contributed by atoms with E-state index in [0.717, 1.165) is 29.5 Å². The second-order valence-electron chi connectivity index (χ2n) is 9.35. The molecule has 6 heteroatoms. The van der Waals surface area contributed by atoms with Gasteiger partial charge >= 0.3 is 0 Å². The van der Waals surface area contributed by atoms with E-state index in [1.54, 1.807) is 19.5 Å². The molecule has 3 aromatic carbocycles. The Bertz CT molecular complexity index is 1490. The first kappa shape index (κ1) is 25.0. The average molecular weight is 503 g/mol. The van der Waals surface area contributed by atoms with Gasteiger partial charge < -0.3 is 15.4 Å². The molecule has 0 saturated heterocycles. The summed E-state index contributed by atoms with van der Waals surface area (Å²) in [5.41, 5.74) is 6.98. The maximum absolute atomic E-state index is 13.5. The second-order valence-corrected chi connectivity index (χ2v) is 9.35. The van der Waals surface area contributed by atoms with Crippen LogP contribution in [0.15, 0.2) is 103 Å². The monoisotopic (exact) mass is 502 g/mol. The van der Waals surface area contributed by atoms with Crippen LogP contribution in [-0.2, 0) is 12.8 Å². The highest BCUT2D eigenvalue weighted by Crippen LogP contribution is 2.26. The highest BCUT2D eigenvalue weighted by atomic mass is 16.5. The number of aromatic nitrogens is 1. The van der Waals surface area contributed by atoms with Crippen LogP contribution in [0.2, 0.25) is 0 Å². The number of hydrogen-bond donors (Lipinski definition) is 2. The molecule has 190 valence electrons. The van der Waals surface area contributed by atoms with Crippen molar-refractivity contribution in [2.24, 2.45) is 4.99 Å². The molecule has 0 unspecified atom stereocenters. The van der Waals surface area contributed by atoms with Crippen molar-refractivity contribution >= 4 is 23.1 Å². The minimum absolute atomic E-state index is 0.0560. The maximum Gasteiger partial charge on any atom is 0.253 e. The number of aryl methyl sites for hydroxylation is 1. The molecule has 1 aromatic heterocycles. The zero-order chi connectivity index (χ0) is 26.5. The highest BCUT2D eigenvalue weighted by molar-refractivity contribution is 6.07. The van der Waals surface area contributed by atoms with Crippen molar-refractivity contribution in [2.75, 3.05) is 7.11 Å². The lowest BCUT2D eigenvalue weighted by atomic mass is 10.1. The molecule has 1 aliphatic rings. The minimum Gasteiger partial charge on any atom is -0.497 e. The summed E-state index contributed by atoms with van der Waals surface area (Å²) in [5.74, 6) is 1.12. The Balaban J connectivity index is 1.48. The van der Waals surface area contributed by atoms with Crippen LogP contribution >= 0.6 is 0 Å². The predicted octanol–water partition coefficient (Wildman–Crippen LogP) is 5.63. The molecule has 4 aromatic rings. The van der Waals surface area contributed by atoms with Gasteiger partial charge in [-0.1, -0.05) is 49.0 Å². The van der Waals surface area contributed by atoms with Gasteiger partial charge in [-0.05, 0) is 72.9 Å². The van der Waals surface area contributed by atoms with Crippen molar-refractivity contribution < 1.29 is 9.53 Å². The van der Waals surface area contributed by atoms with Crippen LogP contribution in [0.25, 0.3) is 5.70 Å². The molecule has 0 bridgehead atoms. The summed E-state index contributed by atoms with van der Waals surface area (Å²) in [4.78, 5) is 22.6. The minimum atomic E-state index is -0.144. The first-order valence-electron chi connectivity index (χ1n) is 12.6. The predicted molar refractivity (Wildman–Crippen MR) is 152 cm³/mol. The zero-order valence-corrected chi connectivity index (χ0v) is 21.6. The normalized spacial score (nSPS) is 13.1. The van der Waals surface area contributed by atoms with Gasteiger partial charge in [0.25, 0.3) is 5.91 Å². The summed E-state index contributed by atoms with van der Waals surface area (Å²) >= 11 is 0. The third-order valence-corrected chi connectivity index (χ3v) is 6.75. The van der Waals surface area contributed by atoms with Crippen LogP contribution in [-0.4, -0.2) is 29.9 Å². The molecular weight excluding hydrogens is 472 g/mol. The van der Waals surface area contributed by atoms with Crippen molar-refractivity contribution in [1.29, 1.82) is 0 Å². The van der Waals surface area contributed by atoms with Crippen LogP contribution in [0, 0.1) is 6.92 Å². The van der Waals surface area contributed by atoms with Crippen molar-refractivity contribution in [3.8, 4) is 5.75 Å². The second kappa shape index (κ2) is 11.1. The number of ether oxygens (including phenoxy) is 1. The first-order chi connectivity index (χ1) is 18.5. The fourth-order valence-electron chi connectivity index (χ4n) is 4.70. The summed E-state index contributed by atoms with van der Waals surface area (Å²) in [5, 5.41) is 6.59. The molecule has 38 heavy (non-hydrogen) atoms. The third-order valence-electron chi connectivity index (χ3n) is 6.75. The quantitative estimate of drug-likeness (QED) is 0.254. The van der Waals surface area contributed by atoms with E-state index in [9.17, 15) is 4.79 Å². The number of hydrogen-bond acceptors (Lipinski definition) is 4. The van der Waals surface area contributed by atoms with Crippen LogP contribution in [0.5, 0.6) is 5.75 Å². The van der Waals surface area contributed by atoms with Gasteiger partial charge in [-0.25, -0.2) is 4.99 Å². The van der Waals surface area contributed by atoms with Gasteiger partial charge in [-0.2, -0.15) is 0 Å². The number of carbonyl (C=O) groups is 1. The fraction of sp³-hybridized carbons (Fsp3) is 0.156. The van der Waals surface area contributed by atoms with Gasteiger partial charge in [0.1, 0.15) is 11.6 Å². The SMILES string of the molecule is C=C(NC(=Nc1ccccc1C(=O)NC1Cc2ccccc2C1)c1cc(OC)ccc1C)c1cccnc1. The number of pyridine rings is 1. The van der Waals surface area contributed by atoms with E-state index in [4.69, 9.17) is 9.73 Å². The van der Waals surface area contributed by atoms with Crippen LogP contribution in [0.4, 0.5) is 5.69 Å². The van der Waals surface area contributed by atoms with E-state index in [2.05, 4.69) is 34.3 Å². The summed E-state index contributed by atoms with van der Waals surface area (Å²) < 4.78 is 5.48. The molecule has 1 amide bonds. The molecular formula is C32H30N4O2. The summed E-state index contributed by atoms with van der Waals surface area (Å²) in [6.07, 6.45) is 5.12. The molecule has 1 heterocycles. The number of para-hydroxylation sites is 1. The van der Waals surface area contributed by atoms with Gasteiger partial charge in [-0.15, -0.1) is 0 Å². The van der Waals surface area contributed by atoms with E-state index >= 15 is 0 Å². The standard InChI is InChI=1S/C32H30N4O2/c1-21-14-15-27(38-3)19-29(21)31(34-22(2)25-11-8-16-33-20-25)36-30-13-7-6-12-28(30)32(37)35-26-17-23-9-4-5-10-24(23)18-26/h4-16,19-20,26H,2,17-18H2,1,3H3,(H,34,36)(H,35,37). The number of fused-ring (bicyclic) bond motifs is 1. The van der Waals surface area contributed by atoms with Crippen LogP contribution in [0.1, 0.15) is 38.2 Å². The highest BCUT2D eigenvalue weighted by Gasteiger charge is 2.24. The largest absolute Gasteiger partial charge is 0.497 e. The van der Waals surface area contributed by atoms with Crippen LogP contribution in [0.3, 0.4) is 0 Å². The Morgan fingerprint density at radius 3 is 2.42 bits per heavy atom. The number of nitrogens with zero attached hydrogens (tertiary/aromatic N) is 2. The summed E-state index contributed by atoms with van der Waals surface area (Å²) in [6.45, 7) is 6.22. The zero-order valence-electron chi connectivity index (χ0n) is 21.6. The molecule has 6 nitrogen and oxygen atoms in total. The van der Waals surface area contributed by atoms with Crippen molar-refractivity contribution in [2.45, 2.75) is 25.8 Å². The number of amides is 1. The van der Waals surface area contributed by atoms with E-state index in [1.165, 1.54) is 11.1 Å². The average Bonchev–Trinajstić information content (AvgIpc) is 3.36. The maximum atomic E-state index is 13.5. The Labute approximate surface area is 223 Å². The lowest BCUT2D eigenvalue weighted by molar-refractivity contribution is 0.0939. The molecule has 2 N–H and O–H groups in total. The summed E-state index contributed by atoms with van der Waals surface area (Å²) in [6, 6.07) is 25.4. The number of carbonyl (C=O) groups excluding carboxylic acids is 1. The molecule has 0 spiro atoms. The van der Waals surface area contributed by atoms with Crippen molar-refractivity contribution in [1.82, 2.24) is 15.6 Å². The number of nitrogens with one attached hydrogen (secondary N) is 2. The molecule has 1 aliphatic carbocycles. The topological polar surface area (TPSA) is 75.6 Å². The smallest absolute Gasteiger partial charge is 0.253 e. The van der Waals surface area contributed by atoms with E-state index in [-0.39, 0.29) is 11.9 Å². The lowest BCUT2D eigenvalue weighted by Gasteiger charge is -2.17. The number of rotatable bonds is 7. The Hall–Kier alpha value is -4.71. The van der Waals surface area contributed by atoms with Crippen LogP contribution < -0.4 is 15.4 Å². The fourth-order valence-corrected chi connectivity index (χ4v) is 4.70. The van der Waals surface area contributed by atoms with Gasteiger partial charge in [0.2, 0.25) is 0 Å². The van der Waals surface area contributed by atoms with Gasteiger partial charge in [-0.3, -0.25) is 9.78 Å². The third kappa shape index (κ3) is 5.49. The number of aliphatic imine (C=N–C) groups is 1. The van der Waals surface area contributed by atoms with E-state index in [1.807, 2.05) is 73.7 Å². The van der Waals surface area contributed by atoms with Crippen molar-refractivity contribution in [3.05, 3.63) is 131 Å². The van der Waals surface area contributed by atoms with Gasteiger partial charge in [0.05, 0.1) is 18.4 Å². The van der Waals surface area contributed by atoms with E-state index < -0.39 is 0 Å². The molecule has 5 rings (SSSR count). The molecule has 0 aliphatic heterocycles. The Kier molecular flexibility index (Phi) is 7.31. The number of amidine groups is 1. The number of benzene rings is 3. The van der Waals surface area contributed by atoms with Gasteiger partial charge in [0.15, 0.2) is 0 Å². The van der Waals surface area contributed by atoms with Crippen molar-refractivity contribution in [3.63, 3.8) is 0 Å².